The van der Waals surface area contributed by atoms with E-state index in [-0.39, 0.29) is 0 Å². The van der Waals surface area contributed by atoms with E-state index >= 15 is 0 Å². The Kier molecular flexibility index (Phi) is 7.18. The number of nitrogens with zero attached hydrogens (tertiary/aromatic N) is 1. The predicted octanol–water partition coefficient (Wildman–Crippen LogP) is 2.60. The van der Waals surface area contributed by atoms with Crippen LogP contribution in [0, 0.1) is 0 Å². The number of methoxy groups -OCH3 is 2. The van der Waals surface area contributed by atoms with Crippen LogP contribution < -0.4 is 20.2 Å². The molecule has 0 atom stereocenters. The largest absolute Gasteiger partial charge is 0.493 e. The van der Waals surface area contributed by atoms with Gasteiger partial charge in [0.05, 0.1) is 38.1 Å². The van der Waals surface area contributed by atoms with Crippen LogP contribution in [-0.4, -0.2) is 38.8 Å². The molecule has 0 saturated carbocycles. The molecule has 0 aliphatic carbocycles. The summed E-state index contributed by atoms with van der Waals surface area (Å²) in [5, 5.41) is 5.87. The van der Waals surface area contributed by atoms with Crippen molar-refractivity contribution in [3.8, 4) is 11.5 Å². The first-order valence-corrected chi connectivity index (χ1v) is 8.25. The number of alkyl halides is 3. The van der Waals surface area contributed by atoms with Crippen molar-refractivity contribution in [2.45, 2.75) is 6.18 Å². The van der Waals surface area contributed by atoms with Crippen molar-refractivity contribution in [2.24, 2.45) is 5.10 Å². The molecule has 7 nitrogen and oxygen atoms in total. The highest BCUT2D eigenvalue weighted by molar-refractivity contribution is 5.98. The second-order valence-corrected chi connectivity index (χ2v) is 5.60. The average molecular weight is 409 g/mol. The van der Waals surface area contributed by atoms with Crippen molar-refractivity contribution in [3.63, 3.8) is 0 Å². The summed E-state index contributed by atoms with van der Waals surface area (Å²) in [7, 11) is 2.92. The number of benzene rings is 2. The summed E-state index contributed by atoms with van der Waals surface area (Å²) in [5.41, 5.74) is 1.04. The number of rotatable bonds is 7. The van der Waals surface area contributed by atoms with Crippen molar-refractivity contribution >= 4 is 18.0 Å². The molecule has 0 radical (unpaired) electrons. The number of nitrogens with one attached hydrogen (secondary N) is 2. The Balaban J connectivity index is 1.96. The lowest BCUT2D eigenvalue weighted by atomic mass is 10.1. The van der Waals surface area contributed by atoms with Crippen LogP contribution in [0.15, 0.2) is 47.6 Å². The van der Waals surface area contributed by atoms with Crippen LogP contribution in [0.4, 0.5) is 13.2 Å². The molecule has 0 spiro atoms. The molecule has 154 valence electrons. The van der Waals surface area contributed by atoms with E-state index in [4.69, 9.17) is 9.47 Å². The molecular weight excluding hydrogens is 391 g/mol. The fourth-order valence-electron chi connectivity index (χ4n) is 2.41. The number of carbonyl (C=O) groups excluding carboxylic acids is 2. The van der Waals surface area contributed by atoms with Gasteiger partial charge in [0.2, 0.25) is 0 Å². The lowest BCUT2D eigenvalue weighted by Crippen LogP contribution is -2.35. The molecule has 0 bridgehead atoms. The van der Waals surface area contributed by atoms with Gasteiger partial charge >= 0.3 is 6.18 Å². The smallest absolute Gasteiger partial charge is 0.417 e. The van der Waals surface area contributed by atoms with Gasteiger partial charge in [-0.1, -0.05) is 18.2 Å². The van der Waals surface area contributed by atoms with Gasteiger partial charge in [-0.05, 0) is 24.3 Å². The van der Waals surface area contributed by atoms with Crippen molar-refractivity contribution in [2.75, 3.05) is 20.8 Å². The van der Waals surface area contributed by atoms with Gasteiger partial charge in [0.1, 0.15) is 0 Å². The monoisotopic (exact) mass is 409 g/mol. The van der Waals surface area contributed by atoms with E-state index in [0.29, 0.717) is 17.1 Å². The molecule has 0 saturated heterocycles. The van der Waals surface area contributed by atoms with Crippen LogP contribution in [0.25, 0.3) is 0 Å². The van der Waals surface area contributed by atoms with Crippen LogP contribution in [0.3, 0.4) is 0 Å². The highest BCUT2D eigenvalue weighted by Crippen LogP contribution is 2.31. The van der Waals surface area contributed by atoms with Gasteiger partial charge in [0.15, 0.2) is 11.5 Å². The van der Waals surface area contributed by atoms with Gasteiger partial charge in [-0.3, -0.25) is 9.59 Å². The molecule has 10 heteroatoms. The van der Waals surface area contributed by atoms with Crippen molar-refractivity contribution < 1.29 is 32.2 Å². The zero-order chi connectivity index (χ0) is 21.4. The Morgan fingerprint density at radius 1 is 1.07 bits per heavy atom. The molecular formula is C19H18F3N3O4. The minimum atomic E-state index is -4.68. The summed E-state index contributed by atoms with van der Waals surface area (Å²) in [6, 6.07) is 9.35. The Morgan fingerprint density at radius 3 is 2.45 bits per heavy atom. The van der Waals surface area contributed by atoms with Crippen LogP contribution in [0.1, 0.15) is 21.5 Å². The van der Waals surface area contributed by atoms with Gasteiger partial charge in [0.25, 0.3) is 11.8 Å². The van der Waals surface area contributed by atoms with E-state index in [2.05, 4.69) is 15.8 Å². The topological polar surface area (TPSA) is 89.0 Å². The summed E-state index contributed by atoms with van der Waals surface area (Å²) in [5.74, 6) is -0.865. The minimum Gasteiger partial charge on any atom is -0.493 e. The van der Waals surface area contributed by atoms with Gasteiger partial charge in [-0.25, -0.2) is 5.43 Å². The number of hydrazone groups is 1. The summed E-state index contributed by atoms with van der Waals surface area (Å²) >= 11 is 0. The van der Waals surface area contributed by atoms with E-state index in [9.17, 15) is 22.8 Å². The molecule has 2 N–H and O–H groups in total. The Morgan fingerprint density at radius 2 is 1.79 bits per heavy atom. The van der Waals surface area contributed by atoms with Gasteiger partial charge in [-0.2, -0.15) is 18.3 Å². The van der Waals surface area contributed by atoms with E-state index in [1.807, 2.05) is 0 Å². The second kappa shape index (κ2) is 9.58. The number of ether oxygens (including phenoxy) is 2. The molecule has 2 rings (SSSR count). The number of para-hydroxylation sites is 1. The molecule has 0 aliphatic rings. The van der Waals surface area contributed by atoms with E-state index in [0.717, 1.165) is 12.1 Å². The molecule has 2 amide bonds. The molecule has 2 aromatic rings. The molecule has 0 heterocycles. The highest BCUT2D eigenvalue weighted by atomic mass is 19.4. The maximum absolute atomic E-state index is 13.0. The van der Waals surface area contributed by atoms with E-state index < -0.39 is 35.7 Å². The van der Waals surface area contributed by atoms with Crippen LogP contribution >= 0.6 is 0 Å². The van der Waals surface area contributed by atoms with Crippen molar-refractivity contribution in [1.82, 2.24) is 10.7 Å². The van der Waals surface area contributed by atoms with Gasteiger partial charge in [-0.15, -0.1) is 0 Å². The minimum absolute atomic E-state index is 0.407. The number of carbonyl (C=O) groups is 2. The molecule has 0 fully saturated rings. The molecule has 2 aromatic carbocycles. The normalized spacial score (nSPS) is 11.2. The first-order chi connectivity index (χ1) is 13.8. The Labute approximate surface area is 164 Å². The summed E-state index contributed by atoms with van der Waals surface area (Å²) in [6.07, 6.45) is -3.38. The molecule has 0 unspecified atom stereocenters. The Bertz CT molecular complexity index is 914. The SMILES string of the molecule is COc1cccc(/C=N/NC(=O)CNC(=O)c2ccccc2C(F)(F)F)c1OC. The van der Waals surface area contributed by atoms with Crippen LogP contribution in [-0.2, 0) is 11.0 Å². The fraction of sp³-hybridized carbons (Fsp3) is 0.211. The third kappa shape index (κ3) is 5.71. The molecule has 29 heavy (non-hydrogen) atoms. The first-order valence-electron chi connectivity index (χ1n) is 8.25. The van der Waals surface area contributed by atoms with Gasteiger partial charge in [0, 0.05) is 5.56 Å². The summed E-state index contributed by atoms with van der Waals surface area (Å²) < 4.78 is 49.2. The molecule has 0 aromatic heterocycles. The lowest BCUT2D eigenvalue weighted by molar-refractivity contribution is -0.137. The number of amides is 2. The van der Waals surface area contributed by atoms with Crippen molar-refractivity contribution in [1.29, 1.82) is 0 Å². The second-order valence-electron chi connectivity index (χ2n) is 5.60. The maximum atomic E-state index is 13.0. The fourth-order valence-corrected chi connectivity index (χ4v) is 2.41. The molecule has 0 aliphatic heterocycles. The standard InChI is InChI=1S/C19H18F3N3O4/c1-28-15-9-5-6-12(17(15)29-2)10-24-25-16(26)11-23-18(27)13-7-3-4-8-14(13)19(20,21)22/h3-10H,11H2,1-2H3,(H,23,27)(H,25,26)/b24-10+. The first kappa shape index (κ1) is 21.7. The van der Waals surface area contributed by atoms with Crippen molar-refractivity contribution in [3.05, 3.63) is 59.2 Å². The van der Waals surface area contributed by atoms with E-state index in [1.165, 1.54) is 32.6 Å². The number of hydrogen-bond donors (Lipinski definition) is 2. The number of halogens is 3. The lowest BCUT2D eigenvalue weighted by Gasteiger charge is -2.12. The highest BCUT2D eigenvalue weighted by Gasteiger charge is 2.34. The zero-order valence-electron chi connectivity index (χ0n) is 15.5. The van der Waals surface area contributed by atoms with E-state index in [1.54, 1.807) is 18.2 Å². The van der Waals surface area contributed by atoms with Crippen LogP contribution in [0.5, 0.6) is 11.5 Å². The Hall–Kier alpha value is -3.56. The third-order valence-electron chi connectivity index (χ3n) is 3.71. The predicted molar refractivity (Wildman–Crippen MR) is 99.1 cm³/mol. The quantitative estimate of drug-likeness (QED) is 0.544. The maximum Gasteiger partial charge on any atom is 0.417 e. The average Bonchev–Trinajstić information content (AvgIpc) is 2.71. The van der Waals surface area contributed by atoms with Gasteiger partial charge < -0.3 is 14.8 Å². The van der Waals surface area contributed by atoms with Crippen LogP contribution in [0.2, 0.25) is 0 Å². The summed E-state index contributed by atoms with van der Waals surface area (Å²) in [6.45, 7) is -0.558. The third-order valence-corrected chi connectivity index (χ3v) is 3.71. The zero-order valence-corrected chi connectivity index (χ0v) is 15.5. The number of hydrogen-bond acceptors (Lipinski definition) is 5. The summed E-state index contributed by atoms with van der Waals surface area (Å²) in [4.78, 5) is 23.8.